The van der Waals surface area contributed by atoms with Crippen LogP contribution in [0, 0.1) is 6.92 Å². The van der Waals surface area contributed by atoms with E-state index in [-0.39, 0.29) is 41.1 Å². The van der Waals surface area contributed by atoms with Crippen molar-refractivity contribution in [3.05, 3.63) is 53.7 Å². The number of ether oxygens (including phenoxy) is 1. The Balaban J connectivity index is 1.88. The Hall–Kier alpha value is -3.66. The molecular weight excluding hydrogens is 456 g/mol. The summed E-state index contributed by atoms with van der Waals surface area (Å²) in [5.41, 5.74) is 2.87. The van der Waals surface area contributed by atoms with Gasteiger partial charge in [0.2, 0.25) is 11.8 Å². The summed E-state index contributed by atoms with van der Waals surface area (Å²) in [6.07, 6.45) is 1.41. The predicted octanol–water partition coefficient (Wildman–Crippen LogP) is 3.99. The lowest BCUT2D eigenvalue weighted by molar-refractivity contribution is -0.116. The van der Waals surface area contributed by atoms with Gasteiger partial charge in [-0.25, -0.2) is 8.42 Å². The van der Waals surface area contributed by atoms with E-state index in [1.54, 1.807) is 24.3 Å². The second-order valence-corrected chi connectivity index (χ2v) is 9.71. The van der Waals surface area contributed by atoms with Crippen LogP contribution in [0.25, 0.3) is 11.1 Å². The van der Waals surface area contributed by atoms with E-state index >= 15 is 0 Å². The third-order valence-electron chi connectivity index (χ3n) is 5.64. The number of para-hydroxylation sites is 1. The van der Waals surface area contributed by atoms with Gasteiger partial charge in [0.05, 0.1) is 18.5 Å². The maximum atomic E-state index is 13.4. The van der Waals surface area contributed by atoms with Gasteiger partial charge in [0.1, 0.15) is 16.5 Å². The number of benzene rings is 2. The molecule has 9 nitrogen and oxygen atoms in total. The second kappa shape index (κ2) is 9.30. The molecule has 178 valence electrons. The molecular formula is C24H26N4O5S. The first-order chi connectivity index (χ1) is 16.2. The van der Waals surface area contributed by atoms with Gasteiger partial charge in [-0.15, -0.1) is 0 Å². The highest BCUT2D eigenvalue weighted by atomic mass is 32.2. The number of nitrogens with zero attached hydrogens (tertiary/aromatic N) is 2. The lowest BCUT2D eigenvalue weighted by Gasteiger charge is -2.15. The number of hydrogen-bond acceptors (Lipinski definition) is 6. The summed E-state index contributed by atoms with van der Waals surface area (Å²) in [4.78, 5) is 24.8. The van der Waals surface area contributed by atoms with Crippen molar-refractivity contribution >= 4 is 33.3 Å². The van der Waals surface area contributed by atoms with E-state index in [1.807, 2.05) is 26.0 Å². The Kier molecular flexibility index (Phi) is 6.43. The van der Waals surface area contributed by atoms with Crippen LogP contribution in [-0.2, 0) is 21.2 Å². The number of carbonyl (C=O) groups is 2. The molecule has 3 aromatic rings. The van der Waals surface area contributed by atoms with Crippen molar-refractivity contribution in [3.8, 4) is 16.9 Å². The number of amides is 1. The quantitative estimate of drug-likeness (QED) is 0.525. The summed E-state index contributed by atoms with van der Waals surface area (Å²) in [6, 6.07) is 11.8. The van der Waals surface area contributed by atoms with Crippen LogP contribution in [0.15, 0.2) is 47.4 Å². The van der Waals surface area contributed by atoms with Crippen molar-refractivity contribution in [2.75, 3.05) is 17.1 Å². The highest BCUT2D eigenvalue weighted by Gasteiger charge is 2.29. The molecule has 2 heterocycles. The first kappa shape index (κ1) is 23.5. The minimum atomic E-state index is -4.02. The molecule has 2 N–H and O–H groups in total. The van der Waals surface area contributed by atoms with Gasteiger partial charge in [-0.1, -0.05) is 37.6 Å². The lowest BCUT2D eigenvalue weighted by atomic mass is 10.0. The van der Waals surface area contributed by atoms with Crippen LogP contribution in [0.1, 0.15) is 42.2 Å². The predicted molar refractivity (Wildman–Crippen MR) is 129 cm³/mol. The van der Waals surface area contributed by atoms with Crippen LogP contribution >= 0.6 is 0 Å². The van der Waals surface area contributed by atoms with Crippen molar-refractivity contribution in [3.63, 3.8) is 0 Å². The van der Waals surface area contributed by atoms with Gasteiger partial charge in [-0.05, 0) is 42.7 Å². The van der Waals surface area contributed by atoms with E-state index in [0.717, 1.165) is 12.0 Å². The number of aromatic nitrogens is 2. The topological polar surface area (TPSA) is 119 Å². The Morgan fingerprint density at radius 2 is 1.91 bits per heavy atom. The van der Waals surface area contributed by atoms with Crippen molar-refractivity contribution in [2.24, 2.45) is 0 Å². The van der Waals surface area contributed by atoms with E-state index < -0.39 is 10.0 Å². The number of nitrogens with one attached hydrogen (secondary N) is 2. The first-order valence-electron chi connectivity index (χ1n) is 11.0. The third kappa shape index (κ3) is 4.41. The summed E-state index contributed by atoms with van der Waals surface area (Å²) in [5, 5.41) is 7.24. The second-order valence-electron chi connectivity index (χ2n) is 8.06. The van der Waals surface area contributed by atoms with Crippen LogP contribution in [0.2, 0.25) is 0 Å². The number of methoxy groups -OCH3 is 1. The number of sulfonamides is 1. The molecule has 34 heavy (non-hydrogen) atoms. The molecule has 0 atom stereocenters. The van der Waals surface area contributed by atoms with Crippen molar-refractivity contribution < 1.29 is 22.7 Å². The maximum Gasteiger partial charge on any atom is 0.265 e. The van der Waals surface area contributed by atoms with E-state index in [1.165, 1.54) is 17.9 Å². The minimum Gasteiger partial charge on any atom is -0.495 e. The molecule has 0 aliphatic carbocycles. The molecule has 0 fully saturated rings. The SMILES string of the molecule is CCCc1nn2c(c1-c1ccc(OC)c(S(=O)(=O)Nc3ccccc3C)c1)NC(=O)CCC2=O. The number of anilines is 2. The Morgan fingerprint density at radius 1 is 1.15 bits per heavy atom. The third-order valence-corrected chi connectivity index (χ3v) is 7.02. The smallest absolute Gasteiger partial charge is 0.265 e. The van der Waals surface area contributed by atoms with E-state index in [4.69, 9.17) is 4.74 Å². The highest BCUT2D eigenvalue weighted by molar-refractivity contribution is 7.92. The molecule has 0 saturated heterocycles. The van der Waals surface area contributed by atoms with Gasteiger partial charge in [0, 0.05) is 18.4 Å². The van der Waals surface area contributed by atoms with Crippen molar-refractivity contribution in [2.45, 2.75) is 44.4 Å². The summed E-state index contributed by atoms with van der Waals surface area (Å²) >= 11 is 0. The molecule has 1 amide bonds. The Morgan fingerprint density at radius 3 is 2.62 bits per heavy atom. The molecule has 0 bridgehead atoms. The highest BCUT2D eigenvalue weighted by Crippen LogP contribution is 2.38. The van der Waals surface area contributed by atoms with E-state index in [0.29, 0.717) is 28.9 Å². The average Bonchev–Trinajstić information content (AvgIpc) is 3.09. The molecule has 1 aliphatic heterocycles. The molecule has 0 saturated carbocycles. The van der Waals surface area contributed by atoms with Gasteiger partial charge in [-0.2, -0.15) is 9.78 Å². The zero-order chi connectivity index (χ0) is 24.5. The van der Waals surface area contributed by atoms with Crippen molar-refractivity contribution in [1.82, 2.24) is 9.78 Å². The number of rotatable bonds is 7. The van der Waals surface area contributed by atoms with Gasteiger partial charge < -0.3 is 10.1 Å². The maximum absolute atomic E-state index is 13.4. The Labute approximate surface area is 198 Å². The van der Waals surface area contributed by atoms with Gasteiger partial charge in [0.25, 0.3) is 10.0 Å². The monoisotopic (exact) mass is 482 g/mol. The molecule has 0 unspecified atom stereocenters. The molecule has 0 spiro atoms. The standard InChI is InChI=1S/C24H26N4O5S/c1-4-7-18-23(24-25-21(29)12-13-22(30)28(24)26-18)16-10-11-19(33-3)20(14-16)34(31,32)27-17-9-6-5-8-15(17)2/h5-6,8-11,14,27H,4,7,12-13H2,1-3H3,(H,25,29). The fraction of sp³-hybridized carbons (Fsp3) is 0.292. The summed E-state index contributed by atoms with van der Waals surface area (Å²) in [7, 11) is -2.63. The normalized spacial score (nSPS) is 13.7. The van der Waals surface area contributed by atoms with E-state index in [9.17, 15) is 18.0 Å². The van der Waals surface area contributed by atoms with Crippen LogP contribution in [0.4, 0.5) is 11.5 Å². The van der Waals surface area contributed by atoms with E-state index in [2.05, 4.69) is 15.1 Å². The van der Waals surface area contributed by atoms with Gasteiger partial charge >= 0.3 is 0 Å². The fourth-order valence-electron chi connectivity index (χ4n) is 3.92. The average molecular weight is 483 g/mol. The van der Waals surface area contributed by atoms with Crippen LogP contribution in [0.5, 0.6) is 5.75 Å². The summed E-state index contributed by atoms with van der Waals surface area (Å²) in [5.74, 6) is -0.157. The zero-order valence-electron chi connectivity index (χ0n) is 19.2. The number of fused-ring (bicyclic) bond motifs is 1. The molecule has 4 rings (SSSR count). The minimum absolute atomic E-state index is 0.0497. The van der Waals surface area contributed by atoms with Crippen molar-refractivity contribution in [1.29, 1.82) is 0 Å². The fourth-order valence-corrected chi connectivity index (χ4v) is 5.25. The van der Waals surface area contributed by atoms with Crippen LogP contribution in [0.3, 0.4) is 0 Å². The van der Waals surface area contributed by atoms with Crippen LogP contribution < -0.4 is 14.8 Å². The molecule has 10 heteroatoms. The molecule has 0 radical (unpaired) electrons. The molecule has 1 aliphatic rings. The summed E-state index contributed by atoms with van der Waals surface area (Å²) < 4.78 is 35.9. The number of carbonyl (C=O) groups excluding carboxylic acids is 2. The zero-order valence-corrected chi connectivity index (χ0v) is 20.0. The first-order valence-corrected chi connectivity index (χ1v) is 12.4. The van der Waals surface area contributed by atoms with Crippen LogP contribution in [-0.4, -0.2) is 37.1 Å². The van der Waals surface area contributed by atoms with Gasteiger partial charge in [-0.3, -0.25) is 14.3 Å². The largest absolute Gasteiger partial charge is 0.495 e. The lowest BCUT2D eigenvalue weighted by Crippen LogP contribution is -2.15. The molecule has 2 aromatic carbocycles. The summed E-state index contributed by atoms with van der Waals surface area (Å²) in [6.45, 7) is 3.79. The molecule has 1 aromatic heterocycles. The number of hydrogen-bond donors (Lipinski definition) is 2. The number of aryl methyl sites for hydroxylation is 2. The van der Waals surface area contributed by atoms with Gasteiger partial charge in [0.15, 0.2) is 0 Å². The Bertz CT molecular complexity index is 1380.